The molecule has 0 spiro atoms. The van der Waals surface area contributed by atoms with Crippen molar-refractivity contribution in [3.63, 3.8) is 0 Å². The van der Waals surface area contributed by atoms with Crippen LogP contribution in [0.5, 0.6) is 11.5 Å². The number of nitrogens with zero attached hydrogens (tertiary/aromatic N) is 2. The number of methoxy groups -OCH3 is 1. The van der Waals surface area contributed by atoms with E-state index in [-0.39, 0.29) is 17.7 Å². The Morgan fingerprint density at radius 1 is 1.00 bits per heavy atom. The van der Waals surface area contributed by atoms with Gasteiger partial charge in [0.2, 0.25) is 5.91 Å². The Balaban J connectivity index is 1.26. The molecule has 1 unspecified atom stereocenters. The van der Waals surface area contributed by atoms with E-state index in [0.717, 1.165) is 29.2 Å². The molecular weight excluding hydrogens is 466 g/mol. The van der Waals surface area contributed by atoms with Gasteiger partial charge in [-0.1, -0.05) is 36.4 Å². The van der Waals surface area contributed by atoms with Gasteiger partial charge in [0.1, 0.15) is 6.61 Å². The predicted octanol–water partition coefficient (Wildman–Crippen LogP) is 5.31. The second kappa shape index (κ2) is 11.1. The van der Waals surface area contributed by atoms with E-state index < -0.39 is 0 Å². The van der Waals surface area contributed by atoms with Gasteiger partial charge in [-0.15, -0.1) is 0 Å². The van der Waals surface area contributed by atoms with Gasteiger partial charge in [-0.2, -0.15) is 0 Å². The van der Waals surface area contributed by atoms with E-state index in [1.807, 2.05) is 54.6 Å². The minimum absolute atomic E-state index is 0.0365. The van der Waals surface area contributed by atoms with Gasteiger partial charge in [0.15, 0.2) is 11.5 Å². The number of nitrogens with one attached hydrogen (secondary N) is 1. The average molecular weight is 496 g/mol. The molecule has 7 heteroatoms. The lowest BCUT2D eigenvalue weighted by atomic mass is 9.95. The van der Waals surface area contributed by atoms with Crippen LogP contribution in [0.2, 0.25) is 0 Å². The maximum Gasteiger partial charge on any atom is 0.254 e. The SMILES string of the molecule is COc1ccc(NC(=O)C2CCCN(C(=O)c3cccc4ccccc34)C2)cc1OCc1ccncc1. The monoisotopic (exact) mass is 495 g/mol. The predicted molar refractivity (Wildman–Crippen MR) is 143 cm³/mol. The van der Waals surface area contributed by atoms with E-state index in [9.17, 15) is 9.59 Å². The maximum absolute atomic E-state index is 13.4. The van der Waals surface area contributed by atoms with Gasteiger partial charge in [0, 0.05) is 42.8 Å². The van der Waals surface area contributed by atoms with Gasteiger partial charge in [-0.3, -0.25) is 14.6 Å². The molecular formula is C30H29N3O4. The Bertz CT molecular complexity index is 1400. The van der Waals surface area contributed by atoms with Gasteiger partial charge in [-0.05, 0) is 59.5 Å². The molecule has 0 bridgehead atoms. The van der Waals surface area contributed by atoms with Crippen molar-refractivity contribution in [2.45, 2.75) is 19.4 Å². The van der Waals surface area contributed by atoms with Crippen molar-refractivity contribution in [3.8, 4) is 11.5 Å². The first-order valence-electron chi connectivity index (χ1n) is 12.4. The summed E-state index contributed by atoms with van der Waals surface area (Å²) >= 11 is 0. The molecule has 1 aromatic heterocycles. The number of likely N-dealkylation sites (tertiary alicyclic amines) is 1. The molecule has 1 saturated heterocycles. The Kier molecular flexibility index (Phi) is 7.31. The summed E-state index contributed by atoms with van der Waals surface area (Å²) in [5.41, 5.74) is 2.27. The van der Waals surface area contributed by atoms with Crippen molar-refractivity contribution in [2.75, 3.05) is 25.5 Å². The first kappa shape index (κ1) is 24.3. The van der Waals surface area contributed by atoms with E-state index in [4.69, 9.17) is 9.47 Å². The van der Waals surface area contributed by atoms with E-state index in [2.05, 4.69) is 10.3 Å². The van der Waals surface area contributed by atoms with Gasteiger partial charge >= 0.3 is 0 Å². The number of pyridine rings is 1. The minimum atomic E-state index is -0.295. The number of anilines is 1. The molecule has 2 amide bonds. The van der Waals surface area contributed by atoms with E-state index in [1.54, 1.807) is 42.6 Å². The van der Waals surface area contributed by atoms with Crippen LogP contribution < -0.4 is 14.8 Å². The fourth-order valence-electron chi connectivity index (χ4n) is 4.71. The van der Waals surface area contributed by atoms with Gasteiger partial charge in [-0.25, -0.2) is 0 Å². The summed E-state index contributed by atoms with van der Waals surface area (Å²) in [5, 5.41) is 4.97. The molecule has 1 aliphatic rings. The molecule has 3 aromatic carbocycles. The standard InChI is InChI=1S/C30H29N3O4/c1-36-27-12-11-24(18-28(27)37-20-21-13-15-31-16-14-21)32-29(34)23-8-5-17-33(19-23)30(35)26-10-4-7-22-6-2-3-9-25(22)26/h2-4,6-7,9-16,18,23H,5,8,17,19-20H2,1H3,(H,32,34). The molecule has 4 aromatic rings. The number of hydrogen-bond acceptors (Lipinski definition) is 5. The number of piperidine rings is 1. The number of carbonyl (C=O) groups is 2. The number of rotatable bonds is 7. The molecule has 0 radical (unpaired) electrons. The van der Waals surface area contributed by atoms with Gasteiger partial charge in [0.05, 0.1) is 13.0 Å². The van der Waals surface area contributed by atoms with E-state index in [1.165, 1.54) is 0 Å². The third kappa shape index (κ3) is 5.56. The van der Waals surface area contributed by atoms with Crippen molar-refractivity contribution in [3.05, 3.63) is 96.3 Å². The summed E-state index contributed by atoms with van der Waals surface area (Å²) in [7, 11) is 1.58. The zero-order valence-electron chi connectivity index (χ0n) is 20.7. The second-order valence-corrected chi connectivity index (χ2v) is 9.12. The van der Waals surface area contributed by atoms with E-state index >= 15 is 0 Å². The molecule has 5 rings (SSSR count). The number of aromatic nitrogens is 1. The van der Waals surface area contributed by atoms with Crippen LogP contribution in [-0.4, -0.2) is 41.9 Å². The van der Waals surface area contributed by atoms with E-state index in [0.29, 0.717) is 42.4 Å². The van der Waals surface area contributed by atoms with Gasteiger partial charge in [0.25, 0.3) is 5.91 Å². The van der Waals surface area contributed by atoms with Crippen LogP contribution in [0.15, 0.2) is 85.2 Å². The highest BCUT2D eigenvalue weighted by Crippen LogP contribution is 2.32. The molecule has 1 atom stereocenters. The van der Waals surface area contributed by atoms with Crippen molar-refractivity contribution in [1.82, 2.24) is 9.88 Å². The fraction of sp³-hybridized carbons (Fsp3) is 0.233. The summed E-state index contributed by atoms with van der Waals surface area (Å²) < 4.78 is 11.4. The summed E-state index contributed by atoms with van der Waals surface area (Å²) in [6.45, 7) is 1.38. The lowest BCUT2D eigenvalue weighted by molar-refractivity contribution is -0.121. The van der Waals surface area contributed by atoms with Crippen molar-refractivity contribution < 1.29 is 19.1 Å². The first-order chi connectivity index (χ1) is 18.1. The largest absolute Gasteiger partial charge is 0.493 e. The number of amides is 2. The summed E-state index contributed by atoms with van der Waals surface area (Å²) in [6.07, 6.45) is 4.93. The lowest BCUT2D eigenvalue weighted by Gasteiger charge is -2.32. The number of fused-ring (bicyclic) bond motifs is 1. The zero-order chi connectivity index (χ0) is 25.6. The molecule has 188 valence electrons. The highest BCUT2D eigenvalue weighted by Gasteiger charge is 2.29. The smallest absolute Gasteiger partial charge is 0.254 e. The van der Waals surface area contributed by atoms with Crippen LogP contribution >= 0.6 is 0 Å². The van der Waals surface area contributed by atoms with Crippen molar-refractivity contribution in [2.24, 2.45) is 5.92 Å². The number of ether oxygens (including phenoxy) is 2. The highest BCUT2D eigenvalue weighted by molar-refractivity contribution is 6.07. The Labute approximate surface area is 216 Å². The molecule has 0 saturated carbocycles. The van der Waals surface area contributed by atoms with Crippen LogP contribution in [0.1, 0.15) is 28.8 Å². The van der Waals surface area contributed by atoms with Crippen LogP contribution in [0.4, 0.5) is 5.69 Å². The van der Waals surface area contributed by atoms with Crippen LogP contribution in [-0.2, 0) is 11.4 Å². The quantitative estimate of drug-likeness (QED) is 0.376. The number of hydrogen-bond donors (Lipinski definition) is 1. The third-order valence-electron chi connectivity index (χ3n) is 6.67. The Morgan fingerprint density at radius 3 is 2.65 bits per heavy atom. The molecule has 37 heavy (non-hydrogen) atoms. The average Bonchev–Trinajstić information content (AvgIpc) is 2.96. The topological polar surface area (TPSA) is 80.8 Å². The van der Waals surface area contributed by atoms with Crippen LogP contribution in [0.25, 0.3) is 10.8 Å². The molecule has 7 nitrogen and oxygen atoms in total. The van der Waals surface area contributed by atoms with Crippen molar-refractivity contribution in [1.29, 1.82) is 0 Å². The minimum Gasteiger partial charge on any atom is -0.493 e. The van der Waals surface area contributed by atoms with Gasteiger partial charge < -0.3 is 19.7 Å². The fourth-order valence-corrected chi connectivity index (χ4v) is 4.71. The summed E-state index contributed by atoms with van der Waals surface area (Å²) in [5.74, 6) is 0.673. The Hall–Kier alpha value is -4.39. The zero-order valence-corrected chi connectivity index (χ0v) is 20.7. The number of benzene rings is 3. The molecule has 1 fully saturated rings. The number of carbonyl (C=O) groups excluding carboxylic acids is 2. The summed E-state index contributed by atoms with van der Waals surface area (Å²) in [6, 6.07) is 22.7. The third-order valence-corrected chi connectivity index (χ3v) is 6.67. The molecule has 2 heterocycles. The lowest BCUT2D eigenvalue weighted by Crippen LogP contribution is -2.43. The normalized spacial score (nSPS) is 15.3. The second-order valence-electron chi connectivity index (χ2n) is 9.12. The van der Waals surface area contributed by atoms with Crippen molar-refractivity contribution >= 4 is 28.3 Å². The van der Waals surface area contributed by atoms with Crippen LogP contribution in [0.3, 0.4) is 0 Å². The molecule has 0 aliphatic carbocycles. The Morgan fingerprint density at radius 2 is 1.81 bits per heavy atom. The van der Waals surface area contributed by atoms with Crippen LogP contribution in [0, 0.1) is 5.92 Å². The highest BCUT2D eigenvalue weighted by atomic mass is 16.5. The first-order valence-corrected chi connectivity index (χ1v) is 12.4. The molecule has 1 aliphatic heterocycles. The maximum atomic E-state index is 13.4. The molecule has 1 N–H and O–H groups in total. The summed E-state index contributed by atoms with van der Waals surface area (Å²) in [4.78, 5) is 32.4.